The third-order valence-electron chi connectivity index (χ3n) is 2.82. The molecular weight excluding hydrogens is 214 g/mol. The summed E-state index contributed by atoms with van der Waals surface area (Å²) in [5.74, 6) is 0.736. The smallest absolute Gasteiger partial charge is 0.141 e. The van der Waals surface area contributed by atoms with E-state index in [0.29, 0.717) is 11.7 Å². The molecule has 0 radical (unpaired) electrons. The number of nitrogen functional groups attached to an aromatic ring is 1. The summed E-state index contributed by atoms with van der Waals surface area (Å²) < 4.78 is 5.14. The highest BCUT2D eigenvalue weighted by Gasteiger charge is 2.06. The maximum absolute atomic E-state index is 5.88. The van der Waals surface area contributed by atoms with E-state index in [1.807, 2.05) is 19.2 Å². The minimum Gasteiger partial charge on any atom is -0.495 e. The van der Waals surface area contributed by atoms with Crippen LogP contribution in [0.3, 0.4) is 0 Å². The zero-order valence-electron chi connectivity index (χ0n) is 11.2. The van der Waals surface area contributed by atoms with Gasteiger partial charge in [-0.25, -0.2) is 0 Å². The summed E-state index contributed by atoms with van der Waals surface area (Å²) in [4.78, 5) is 2.27. The highest BCUT2D eigenvalue weighted by Crippen LogP contribution is 2.22. The second-order valence-corrected chi connectivity index (χ2v) is 4.46. The Bertz CT molecular complexity index is 355. The van der Waals surface area contributed by atoms with Crippen LogP contribution in [0, 0.1) is 0 Å². The van der Waals surface area contributed by atoms with Crippen molar-refractivity contribution in [2.75, 3.05) is 33.5 Å². The van der Waals surface area contributed by atoms with E-state index in [1.54, 1.807) is 7.11 Å². The average molecular weight is 237 g/mol. The first kappa shape index (κ1) is 13.8. The first-order valence-corrected chi connectivity index (χ1v) is 5.85. The molecule has 1 atom stereocenters. The summed E-state index contributed by atoms with van der Waals surface area (Å²) in [6, 6.07) is 6.42. The Kier molecular flexibility index (Phi) is 5.25. The van der Waals surface area contributed by atoms with Crippen LogP contribution < -0.4 is 15.8 Å². The van der Waals surface area contributed by atoms with Crippen LogP contribution in [0.2, 0.25) is 0 Å². The molecule has 0 fully saturated rings. The van der Waals surface area contributed by atoms with Crippen molar-refractivity contribution >= 4 is 5.69 Å². The molecule has 1 aromatic rings. The average Bonchev–Trinajstić information content (AvgIpc) is 2.29. The van der Waals surface area contributed by atoms with Gasteiger partial charge in [-0.15, -0.1) is 0 Å². The van der Waals surface area contributed by atoms with Crippen molar-refractivity contribution in [2.24, 2.45) is 0 Å². The Hall–Kier alpha value is -1.26. The third-order valence-corrected chi connectivity index (χ3v) is 2.82. The molecular formula is C13H23N3O. The van der Waals surface area contributed by atoms with Gasteiger partial charge in [0, 0.05) is 19.1 Å². The standard InChI is InChI=1S/C13H23N3O/c1-10(15-2)8-16(3)9-11-5-6-13(17-4)12(14)7-11/h5-7,10,15H,8-9,14H2,1-4H3/t10-/m1/s1. The van der Waals surface area contributed by atoms with Crippen molar-refractivity contribution in [3.63, 3.8) is 0 Å². The minimum absolute atomic E-state index is 0.482. The number of likely N-dealkylation sites (N-methyl/N-ethyl adjacent to an activating group) is 2. The number of hydrogen-bond acceptors (Lipinski definition) is 4. The molecule has 17 heavy (non-hydrogen) atoms. The summed E-state index contributed by atoms with van der Waals surface area (Å²) in [7, 11) is 5.71. The van der Waals surface area contributed by atoms with Crippen molar-refractivity contribution in [3.05, 3.63) is 23.8 Å². The molecule has 4 heteroatoms. The molecule has 0 aliphatic rings. The maximum Gasteiger partial charge on any atom is 0.141 e. The monoisotopic (exact) mass is 237 g/mol. The highest BCUT2D eigenvalue weighted by molar-refractivity contribution is 5.54. The molecule has 4 nitrogen and oxygen atoms in total. The first-order valence-electron chi connectivity index (χ1n) is 5.85. The first-order chi connectivity index (χ1) is 8.06. The molecule has 96 valence electrons. The molecule has 0 saturated carbocycles. The van der Waals surface area contributed by atoms with Gasteiger partial charge in [-0.2, -0.15) is 0 Å². The van der Waals surface area contributed by atoms with E-state index >= 15 is 0 Å². The van der Waals surface area contributed by atoms with Gasteiger partial charge in [0.2, 0.25) is 0 Å². The summed E-state index contributed by atoms with van der Waals surface area (Å²) in [6.07, 6.45) is 0. The van der Waals surface area contributed by atoms with Gasteiger partial charge >= 0.3 is 0 Å². The maximum atomic E-state index is 5.88. The number of rotatable bonds is 6. The van der Waals surface area contributed by atoms with E-state index in [2.05, 4.69) is 30.3 Å². The fourth-order valence-electron chi connectivity index (χ4n) is 1.82. The van der Waals surface area contributed by atoms with Crippen LogP contribution in [-0.4, -0.2) is 38.7 Å². The fraction of sp³-hybridized carbons (Fsp3) is 0.538. The van der Waals surface area contributed by atoms with E-state index < -0.39 is 0 Å². The van der Waals surface area contributed by atoms with Crippen molar-refractivity contribution < 1.29 is 4.74 Å². The van der Waals surface area contributed by atoms with Gasteiger partial charge in [-0.1, -0.05) is 6.07 Å². The number of anilines is 1. The van der Waals surface area contributed by atoms with E-state index in [4.69, 9.17) is 10.5 Å². The Morgan fingerprint density at radius 1 is 1.47 bits per heavy atom. The SMILES string of the molecule is CN[C@H](C)CN(C)Cc1ccc(OC)c(N)c1. The van der Waals surface area contributed by atoms with E-state index in [9.17, 15) is 0 Å². The molecule has 1 aromatic carbocycles. The zero-order valence-corrected chi connectivity index (χ0v) is 11.2. The molecule has 0 spiro atoms. The van der Waals surface area contributed by atoms with Crippen LogP contribution in [0.4, 0.5) is 5.69 Å². The summed E-state index contributed by atoms with van der Waals surface area (Å²) in [6.45, 7) is 4.06. The van der Waals surface area contributed by atoms with Crippen LogP contribution in [0.25, 0.3) is 0 Å². The summed E-state index contributed by atoms with van der Waals surface area (Å²) in [5.41, 5.74) is 7.78. The molecule has 0 unspecified atom stereocenters. The molecule has 0 amide bonds. The predicted molar refractivity (Wildman–Crippen MR) is 72.3 cm³/mol. The molecule has 3 N–H and O–H groups in total. The third kappa shape index (κ3) is 4.24. The van der Waals surface area contributed by atoms with Gasteiger partial charge in [-0.05, 0) is 38.7 Å². The topological polar surface area (TPSA) is 50.5 Å². The Balaban J connectivity index is 2.59. The van der Waals surface area contributed by atoms with Gasteiger partial charge < -0.3 is 20.7 Å². The Labute approximate surface area is 104 Å². The Morgan fingerprint density at radius 2 is 2.18 bits per heavy atom. The van der Waals surface area contributed by atoms with Crippen LogP contribution in [0.15, 0.2) is 18.2 Å². The molecule has 0 aromatic heterocycles. The Morgan fingerprint density at radius 3 is 2.71 bits per heavy atom. The molecule has 0 aliphatic carbocycles. The van der Waals surface area contributed by atoms with Gasteiger partial charge in [0.25, 0.3) is 0 Å². The number of methoxy groups -OCH3 is 1. The second-order valence-electron chi connectivity index (χ2n) is 4.46. The molecule has 0 bridgehead atoms. The number of ether oxygens (including phenoxy) is 1. The largest absolute Gasteiger partial charge is 0.495 e. The molecule has 0 saturated heterocycles. The predicted octanol–water partition coefficient (Wildman–Crippen LogP) is 1.32. The summed E-state index contributed by atoms with van der Waals surface area (Å²) >= 11 is 0. The lowest BCUT2D eigenvalue weighted by atomic mass is 10.1. The number of nitrogens with one attached hydrogen (secondary N) is 1. The minimum atomic E-state index is 0.482. The van der Waals surface area contributed by atoms with E-state index in [0.717, 1.165) is 18.8 Å². The van der Waals surface area contributed by atoms with Crippen molar-refractivity contribution in [1.82, 2.24) is 10.2 Å². The summed E-state index contributed by atoms with van der Waals surface area (Å²) in [5, 5.41) is 3.22. The zero-order chi connectivity index (χ0) is 12.8. The van der Waals surface area contributed by atoms with Crippen molar-refractivity contribution in [1.29, 1.82) is 0 Å². The quantitative estimate of drug-likeness (QED) is 0.733. The molecule has 0 aliphatic heterocycles. The van der Waals surface area contributed by atoms with Crippen LogP contribution in [-0.2, 0) is 6.54 Å². The number of nitrogens with two attached hydrogens (primary N) is 1. The van der Waals surface area contributed by atoms with Crippen molar-refractivity contribution in [2.45, 2.75) is 19.5 Å². The lowest BCUT2D eigenvalue weighted by Crippen LogP contribution is -2.34. The normalized spacial score (nSPS) is 12.8. The van der Waals surface area contributed by atoms with E-state index in [-0.39, 0.29) is 0 Å². The number of hydrogen-bond donors (Lipinski definition) is 2. The van der Waals surface area contributed by atoms with Crippen LogP contribution >= 0.6 is 0 Å². The van der Waals surface area contributed by atoms with Gasteiger partial charge in [0.15, 0.2) is 0 Å². The highest BCUT2D eigenvalue weighted by atomic mass is 16.5. The second kappa shape index (κ2) is 6.47. The molecule has 0 heterocycles. The van der Waals surface area contributed by atoms with Gasteiger partial charge in [-0.3, -0.25) is 0 Å². The van der Waals surface area contributed by atoms with Crippen molar-refractivity contribution in [3.8, 4) is 5.75 Å². The van der Waals surface area contributed by atoms with Crippen LogP contribution in [0.5, 0.6) is 5.75 Å². The fourth-order valence-corrected chi connectivity index (χ4v) is 1.82. The number of nitrogens with zero attached hydrogens (tertiary/aromatic N) is 1. The lowest BCUT2D eigenvalue weighted by Gasteiger charge is -2.21. The molecule has 1 rings (SSSR count). The number of benzene rings is 1. The van der Waals surface area contributed by atoms with Crippen LogP contribution in [0.1, 0.15) is 12.5 Å². The van der Waals surface area contributed by atoms with Gasteiger partial charge in [0.1, 0.15) is 5.75 Å². The lowest BCUT2D eigenvalue weighted by molar-refractivity contribution is 0.295. The van der Waals surface area contributed by atoms with Gasteiger partial charge in [0.05, 0.1) is 12.8 Å². The van der Waals surface area contributed by atoms with E-state index in [1.165, 1.54) is 5.56 Å².